The van der Waals surface area contributed by atoms with Crippen LogP contribution in [0, 0.1) is 28.6 Å². The van der Waals surface area contributed by atoms with Crippen LogP contribution >= 0.6 is 0 Å². The minimum Gasteiger partial charge on any atom is -0.389 e. The highest BCUT2D eigenvalue weighted by molar-refractivity contribution is 5.25. The summed E-state index contributed by atoms with van der Waals surface area (Å²) in [5.74, 6) is 2.46. The van der Waals surface area contributed by atoms with Crippen molar-refractivity contribution in [1.82, 2.24) is 0 Å². The van der Waals surface area contributed by atoms with E-state index in [0.717, 1.165) is 24.2 Å². The summed E-state index contributed by atoms with van der Waals surface area (Å²) in [6.07, 6.45) is 12.2. The van der Waals surface area contributed by atoms with Gasteiger partial charge in [0.05, 0.1) is 12.2 Å². The fourth-order valence-electron chi connectivity index (χ4n) is 7.09. The summed E-state index contributed by atoms with van der Waals surface area (Å²) in [5, 5.41) is 10.1. The number of rotatable bonds is 3. The first kappa shape index (κ1) is 17.1. The summed E-state index contributed by atoms with van der Waals surface area (Å²) in [6.45, 7) is 5.42. The maximum absolute atomic E-state index is 10.1. The molecule has 1 N–H and O–H groups in total. The van der Waals surface area contributed by atoms with Crippen LogP contribution < -0.4 is 0 Å². The molecule has 0 radical (unpaired) electrons. The van der Waals surface area contributed by atoms with Crippen LogP contribution in [-0.2, 0) is 9.47 Å². The van der Waals surface area contributed by atoms with Crippen molar-refractivity contribution >= 4 is 0 Å². The van der Waals surface area contributed by atoms with Gasteiger partial charge >= 0.3 is 0 Å². The van der Waals surface area contributed by atoms with E-state index < -0.39 is 0 Å². The van der Waals surface area contributed by atoms with Gasteiger partial charge in [-0.25, -0.2) is 0 Å². The molecule has 0 spiro atoms. The zero-order valence-corrected chi connectivity index (χ0v) is 15.6. The molecule has 136 valence electrons. The lowest BCUT2D eigenvalue weighted by molar-refractivity contribution is -0.138. The number of aliphatic hydroxyl groups is 1. The van der Waals surface area contributed by atoms with Crippen molar-refractivity contribution in [3.63, 3.8) is 0 Å². The van der Waals surface area contributed by atoms with Crippen LogP contribution in [0.5, 0.6) is 0 Å². The van der Waals surface area contributed by atoms with Crippen LogP contribution in [0.2, 0.25) is 0 Å². The molecule has 0 amide bonds. The lowest BCUT2D eigenvalue weighted by Crippen LogP contribution is -2.51. The molecule has 7 atom stereocenters. The summed E-state index contributed by atoms with van der Waals surface area (Å²) >= 11 is 0. The molecule has 0 aromatic carbocycles. The first-order chi connectivity index (χ1) is 11.5. The molecule has 4 aliphatic carbocycles. The van der Waals surface area contributed by atoms with Gasteiger partial charge in [-0.2, -0.15) is 0 Å². The molecule has 0 saturated heterocycles. The Morgan fingerprint density at radius 2 is 1.92 bits per heavy atom. The van der Waals surface area contributed by atoms with E-state index in [2.05, 4.69) is 19.9 Å². The Kier molecular flexibility index (Phi) is 4.34. The monoisotopic (exact) mass is 334 g/mol. The van der Waals surface area contributed by atoms with Gasteiger partial charge in [0, 0.05) is 7.11 Å². The van der Waals surface area contributed by atoms with Crippen molar-refractivity contribution in [1.29, 1.82) is 0 Å². The van der Waals surface area contributed by atoms with Crippen LogP contribution in [-0.4, -0.2) is 31.2 Å². The van der Waals surface area contributed by atoms with Gasteiger partial charge in [-0.3, -0.25) is 0 Å². The van der Waals surface area contributed by atoms with E-state index >= 15 is 0 Å². The average Bonchev–Trinajstić information content (AvgIpc) is 2.90. The van der Waals surface area contributed by atoms with Crippen LogP contribution in [0.1, 0.15) is 65.2 Å². The van der Waals surface area contributed by atoms with Crippen molar-refractivity contribution in [2.45, 2.75) is 77.4 Å². The lowest BCUT2D eigenvalue weighted by atomic mass is 9.47. The number of ether oxygens (including phenoxy) is 2. The highest BCUT2D eigenvalue weighted by Crippen LogP contribution is 2.65. The number of aliphatic hydroxyl groups excluding tert-OH is 1. The molecule has 0 aromatic heterocycles. The molecular formula is C21H34O3. The number of fused-ring (bicyclic) bond motifs is 5. The summed E-state index contributed by atoms with van der Waals surface area (Å²) in [7, 11) is 1.72. The van der Waals surface area contributed by atoms with Crippen LogP contribution in [0.4, 0.5) is 0 Å². The smallest absolute Gasteiger partial charge is 0.146 e. The van der Waals surface area contributed by atoms with E-state index in [-0.39, 0.29) is 6.10 Å². The Balaban J connectivity index is 1.58. The third-order valence-corrected chi connectivity index (χ3v) is 8.39. The van der Waals surface area contributed by atoms with Crippen molar-refractivity contribution in [2.75, 3.05) is 13.9 Å². The van der Waals surface area contributed by atoms with Gasteiger partial charge in [0.2, 0.25) is 0 Å². The summed E-state index contributed by atoms with van der Waals surface area (Å²) in [4.78, 5) is 0. The molecule has 0 bridgehead atoms. The number of hydrogen-bond acceptors (Lipinski definition) is 3. The van der Waals surface area contributed by atoms with E-state index in [1.165, 1.54) is 44.9 Å². The summed E-state index contributed by atoms with van der Waals surface area (Å²) < 4.78 is 11.3. The van der Waals surface area contributed by atoms with Gasteiger partial charge in [-0.1, -0.05) is 25.5 Å². The largest absolute Gasteiger partial charge is 0.389 e. The third kappa shape index (κ3) is 2.42. The Morgan fingerprint density at radius 3 is 2.71 bits per heavy atom. The van der Waals surface area contributed by atoms with Crippen LogP contribution in [0.15, 0.2) is 11.6 Å². The predicted molar refractivity (Wildman–Crippen MR) is 94.5 cm³/mol. The van der Waals surface area contributed by atoms with Crippen molar-refractivity contribution in [3.8, 4) is 0 Å². The molecule has 3 saturated carbocycles. The van der Waals surface area contributed by atoms with Crippen LogP contribution in [0.3, 0.4) is 0 Å². The average molecular weight is 335 g/mol. The zero-order valence-electron chi connectivity index (χ0n) is 15.6. The standard InChI is InChI=1S/C21H34O3/c1-20-10-8-15(22)12-14(20)4-5-16-17-6-7-19(24-13-23-3)21(17,2)11-9-18(16)20/h12,15-19,22H,4-11,13H2,1-3H3/t15-,16?,17?,18?,19-,20-,21-/m0/s1. The molecule has 3 fully saturated rings. The topological polar surface area (TPSA) is 38.7 Å². The van der Waals surface area contributed by atoms with Crippen LogP contribution in [0.25, 0.3) is 0 Å². The van der Waals surface area contributed by atoms with E-state index in [1.54, 1.807) is 12.7 Å². The molecule has 0 heterocycles. The maximum atomic E-state index is 10.1. The molecule has 3 nitrogen and oxygen atoms in total. The Hall–Kier alpha value is -0.380. The Bertz CT molecular complexity index is 515. The molecule has 3 unspecified atom stereocenters. The van der Waals surface area contributed by atoms with Crippen molar-refractivity contribution < 1.29 is 14.6 Å². The zero-order chi connectivity index (χ0) is 16.9. The lowest BCUT2D eigenvalue weighted by Gasteiger charge is -2.58. The minimum absolute atomic E-state index is 0.197. The highest BCUT2D eigenvalue weighted by Gasteiger charge is 2.59. The van der Waals surface area contributed by atoms with Gasteiger partial charge in [-0.05, 0) is 80.0 Å². The van der Waals surface area contributed by atoms with Crippen molar-refractivity contribution in [3.05, 3.63) is 11.6 Å². The Morgan fingerprint density at radius 1 is 1.08 bits per heavy atom. The Labute approximate surface area is 146 Å². The quantitative estimate of drug-likeness (QED) is 0.618. The molecule has 0 aromatic rings. The second-order valence-electron chi connectivity index (χ2n) is 9.31. The van der Waals surface area contributed by atoms with Crippen molar-refractivity contribution in [2.24, 2.45) is 28.6 Å². The molecule has 3 heteroatoms. The highest BCUT2D eigenvalue weighted by atomic mass is 16.7. The molecule has 4 aliphatic rings. The normalized spacial score (nSPS) is 50.7. The fraction of sp³-hybridized carbons (Fsp3) is 0.905. The van der Waals surface area contributed by atoms with Gasteiger partial charge < -0.3 is 14.6 Å². The second-order valence-corrected chi connectivity index (χ2v) is 9.31. The molecule has 24 heavy (non-hydrogen) atoms. The first-order valence-corrected chi connectivity index (χ1v) is 9.99. The fourth-order valence-corrected chi connectivity index (χ4v) is 7.09. The second kappa shape index (κ2) is 6.10. The first-order valence-electron chi connectivity index (χ1n) is 9.99. The van der Waals surface area contributed by atoms with Gasteiger partial charge in [-0.15, -0.1) is 0 Å². The summed E-state index contributed by atoms with van der Waals surface area (Å²) in [5.41, 5.74) is 2.25. The number of allylic oxidation sites excluding steroid dienone is 1. The summed E-state index contributed by atoms with van der Waals surface area (Å²) in [6, 6.07) is 0. The molecular weight excluding hydrogens is 300 g/mol. The number of methoxy groups -OCH3 is 1. The molecule has 0 aliphatic heterocycles. The predicted octanol–water partition coefficient (Wildman–Crippen LogP) is 4.30. The number of hydrogen-bond donors (Lipinski definition) is 1. The van der Waals surface area contributed by atoms with E-state index in [1.807, 2.05) is 0 Å². The van der Waals surface area contributed by atoms with E-state index in [4.69, 9.17) is 9.47 Å². The minimum atomic E-state index is -0.197. The third-order valence-electron chi connectivity index (χ3n) is 8.39. The molecule has 4 rings (SSSR count). The maximum Gasteiger partial charge on any atom is 0.146 e. The SMILES string of the molecule is COCO[C@H]1CCC2C3CCC4=C[C@@H](O)CC[C@]4(C)C3CC[C@@]21C. The van der Waals surface area contributed by atoms with E-state index in [0.29, 0.717) is 23.7 Å². The van der Waals surface area contributed by atoms with Gasteiger partial charge in [0.15, 0.2) is 0 Å². The van der Waals surface area contributed by atoms with Gasteiger partial charge in [0.25, 0.3) is 0 Å². The van der Waals surface area contributed by atoms with E-state index in [9.17, 15) is 5.11 Å². The van der Waals surface area contributed by atoms with Gasteiger partial charge in [0.1, 0.15) is 6.79 Å².